The minimum Gasteiger partial charge on any atom is -0.325 e. The first kappa shape index (κ1) is 22.7. The Morgan fingerprint density at radius 3 is 2.61 bits per heavy atom. The summed E-state index contributed by atoms with van der Waals surface area (Å²) in [6.45, 7) is 2.97. The zero-order chi connectivity index (χ0) is 23.9. The molecule has 1 aliphatic heterocycles. The Kier molecular flexibility index (Phi) is 5.79. The summed E-state index contributed by atoms with van der Waals surface area (Å²) in [5.41, 5.74) is 1.67. The zero-order valence-electron chi connectivity index (χ0n) is 17.4. The maximum atomic E-state index is 13.3. The number of carbonyl (C=O) groups excluding carboxylic acids is 2. The molecule has 3 heterocycles. The van der Waals surface area contributed by atoms with Crippen molar-refractivity contribution in [1.29, 1.82) is 0 Å². The lowest BCUT2D eigenvalue weighted by Crippen LogP contribution is -2.40. The van der Waals surface area contributed by atoms with E-state index in [2.05, 4.69) is 20.3 Å². The number of amides is 2. The van der Waals surface area contributed by atoms with Gasteiger partial charge in [0, 0.05) is 28.7 Å². The number of halogens is 4. The fraction of sp³-hybridized carbons (Fsp3) is 0.227. The number of benzene rings is 1. The van der Waals surface area contributed by atoms with E-state index in [4.69, 9.17) is 11.6 Å². The van der Waals surface area contributed by atoms with E-state index in [1.165, 1.54) is 11.2 Å². The summed E-state index contributed by atoms with van der Waals surface area (Å²) in [5, 5.41) is 2.66. The van der Waals surface area contributed by atoms with Crippen LogP contribution in [0.15, 0.2) is 42.9 Å². The van der Waals surface area contributed by atoms with Crippen LogP contribution in [0.2, 0.25) is 5.15 Å². The van der Waals surface area contributed by atoms with Crippen molar-refractivity contribution in [2.45, 2.75) is 25.9 Å². The fourth-order valence-electron chi connectivity index (χ4n) is 3.68. The zero-order valence-corrected chi connectivity index (χ0v) is 18.2. The van der Waals surface area contributed by atoms with Crippen molar-refractivity contribution in [1.82, 2.24) is 15.0 Å². The average Bonchev–Trinajstić information content (AvgIpc) is 2.83. The van der Waals surface area contributed by atoms with E-state index in [9.17, 15) is 22.8 Å². The van der Waals surface area contributed by atoms with Gasteiger partial charge >= 0.3 is 6.18 Å². The Bertz CT molecular complexity index is 1250. The van der Waals surface area contributed by atoms with Crippen molar-refractivity contribution in [3.8, 4) is 11.1 Å². The van der Waals surface area contributed by atoms with Crippen molar-refractivity contribution < 1.29 is 22.8 Å². The maximum absolute atomic E-state index is 13.3. The molecule has 0 saturated heterocycles. The van der Waals surface area contributed by atoms with Gasteiger partial charge in [-0.15, -0.1) is 0 Å². The Labute approximate surface area is 191 Å². The number of hydrogen-bond donors (Lipinski definition) is 1. The van der Waals surface area contributed by atoms with Crippen molar-refractivity contribution in [3.63, 3.8) is 0 Å². The van der Waals surface area contributed by atoms with Crippen molar-refractivity contribution in [2.24, 2.45) is 0 Å². The Balaban J connectivity index is 1.68. The molecule has 11 heteroatoms. The largest absolute Gasteiger partial charge is 0.416 e. The van der Waals surface area contributed by atoms with Crippen LogP contribution in [0.4, 0.5) is 24.5 Å². The minimum absolute atomic E-state index is 0.135. The molecular weight excluding hydrogens is 459 g/mol. The van der Waals surface area contributed by atoms with Gasteiger partial charge in [-0.05, 0) is 44.2 Å². The molecular formula is C22H17ClF3N5O2. The number of carbonyl (C=O) groups is 2. The van der Waals surface area contributed by atoms with Crippen LogP contribution < -0.4 is 10.2 Å². The van der Waals surface area contributed by atoms with Crippen LogP contribution >= 0.6 is 11.6 Å². The monoisotopic (exact) mass is 475 g/mol. The van der Waals surface area contributed by atoms with Crippen LogP contribution in [0.5, 0.6) is 0 Å². The number of nitrogens with zero attached hydrogens (tertiary/aromatic N) is 4. The first-order chi connectivity index (χ1) is 15.6. The average molecular weight is 476 g/mol. The first-order valence-electron chi connectivity index (χ1n) is 9.82. The number of aromatic nitrogens is 3. The topological polar surface area (TPSA) is 88.1 Å². The van der Waals surface area contributed by atoms with Gasteiger partial charge in [-0.25, -0.2) is 15.0 Å². The Hall–Kier alpha value is -3.53. The number of fused-ring (bicyclic) bond motifs is 3. The summed E-state index contributed by atoms with van der Waals surface area (Å²) in [6.07, 6.45) is -1.62. The number of anilines is 2. The molecule has 0 aliphatic carbocycles. The van der Waals surface area contributed by atoms with Gasteiger partial charge in [0.1, 0.15) is 18.0 Å². The number of pyridine rings is 1. The van der Waals surface area contributed by atoms with Gasteiger partial charge in [-0.2, -0.15) is 13.2 Å². The van der Waals surface area contributed by atoms with E-state index >= 15 is 0 Å². The predicted molar refractivity (Wildman–Crippen MR) is 116 cm³/mol. The molecule has 1 atom stereocenters. The van der Waals surface area contributed by atoms with E-state index < -0.39 is 36.0 Å². The van der Waals surface area contributed by atoms with Crippen molar-refractivity contribution in [2.75, 3.05) is 16.8 Å². The van der Waals surface area contributed by atoms with Gasteiger partial charge in [-0.1, -0.05) is 11.6 Å². The molecule has 1 N–H and O–H groups in total. The van der Waals surface area contributed by atoms with E-state index in [1.807, 2.05) is 0 Å². The van der Waals surface area contributed by atoms with Crippen LogP contribution in [0.3, 0.4) is 0 Å². The summed E-state index contributed by atoms with van der Waals surface area (Å²) in [7, 11) is 0. The molecule has 33 heavy (non-hydrogen) atoms. The molecule has 2 amide bonds. The molecule has 1 aromatic carbocycles. The smallest absolute Gasteiger partial charge is 0.325 e. The van der Waals surface area contributed by atoms with Gasteiger partial charge < -0.3 is 10.2 Å². The van der Waals surface area contributed by atoms with Gasteiger partial charge in [-0.3, -0.25) is 9.59 Å². The fourth-order valence-corrected chi connectivity index (χ4v) is 4.01. The third kappa shape index (κ3) is 4.38. The summed E-state index contributed by atoms with van der Waals surface area (Å²) < 4.78 is 38.3. The number of nitrogens with one attached hydrogen (secondary N) is 1. The molecule has 0 fully saturated rings. The van der Waals surface area contributed by atoms with E-state index in [0.29, 0.717) is 28.2 Å². The highest BCUT2D eigenvalue weighted by Crippen LogP contribution is 2.43. The molecule has 7 nitrogen and oxygen atoms in total. The summed E-state index contributed by atoms with van der Waals surface area (Å²) in [4.78, 5) is 39.9. The number of aryl methyl sites for hydroxylation is 1. The van der Waals surface area contributed by atoms with Crippen molar-refractivity contribution >= 4 is 34.8 Å². The SMILES string of the molecule is Cc1cc2c(c(Cl)n1)-c1cncnc1C(C)C(=O)N2CC(=O)Nc1ccc(C(F)(F)F)cc1. The molecule has 0 saturated carbocycles. The van der Waals surface area contributed by atoms with Crippen LogP contribution in [0.25, 0.3) is 11.1 Å². The minimum atomic E-state index is -4.48. The standard InChI is InChI=1S/C22H17ClF3N5O2/c1-11-7-16-18(20(23)29-11)15-8-27-10-28-19(15)12(2)21(33)31(16)9-17(32)30-14-5-3-13(4-6-14)22(24,25)26/h3-8,10,12H,9H2,1-2H3,(H,30,32). The summed E-state index contributed by atoms with van der Waals surface area (Å²) >= 11 is 6.43. The Morgan fingerprint density at radius 1 is 1.24 bits per heavy atom. The summed E-state index contributed by atoms with van der Waals surface area (Å²) in [6, 6.07) is 5.68. The van der Waals surface area contributed by atoms with Crippen LogP contribution in [-0.2, 0) is 15.8 Å². The molecule has 0 spiro atoms. The molecule has 4 rings (SSSR count). The van der Waals surface area contributed by atoms with Gasteiger partial charge in [0.2, 0.25) is 11.8 Å². The third-order valence-corrected chi connectivity index (χ3v) is 5.50. The lowest BCUT2D eigenvalue weighted by molar-refractivity contribution is -0.137. The highest BCUT2D eigenvalue weighted by Gasteiger charge is 2.35. The molecule has 170 valence electrons. The third-order valence-electron chi connectivity index (χ3n) is 5.23. The first-order valence-corrected chi connectivity index (χ1v) is 10.2. The molecule has 2 aromatic heterocycles. The molecule has 3 aromatic rings. The molecule has 1 unspecified atom stereocenters. The second-order valence-electron chi connectivity index (χ2n) is 7.54. The van der Waals surface area contributed by atoms with Crippen LogP contribution in [-0.4, -0.2) is 33.3 Å². The van der Waals surface area contributed by atoms with Crippen molar-refractivity contribution in [3.05, 3.63) is 65.0 Å². The molecule has 1 aliphatic rings. The highest BCUT2D eigenvalue weighted by atomic mass is 35.5. The highest BCUT2D eigenvalue weighted by molar-refractivity contribution is 6.33. The van der Waals surface area contributed by atoms with Gasteiger partial charge in [0.15, 0.2) is 0 Å². The summed E-state index contributed by atoms with van der Waals surface area (Å²) in [5.74, 6) is -1.69. The van der Waals surface area contributed by atoms with Crippen LogP contribution in [0.1, 0.15) is 29.8 Å². The second-order valence-corrected chi connectivity index (χ2v) is 7.90. The number of rotatable bonds is 3. The lowest BCUT2D eigenvalue weighted by Gasteiger charge is -2.24. The lowest BCUT2D eigenvalue weighted by atomic mass is 10.00. The second kappa shape index (κ2) is 8.43. The van der Waals surface area contributed by atoms with E-state index in [-0.39, 0.29) is 10.8 Å². The molecule has 0 bridgehead atoms. The predicted octanol–water partition coefficient (Wildman–Crippen LogP) is 4.61. The number of alkyl halides is 3. The van der Waals surface area contributed by atoms with Gasteiger partial charge in [0.25, 0.3) is 0 Å². The normalized spacial score (nSPS) is 15.5. The molecule has 0 radical (unpaired) electrons. The number of hydrogen-bond acceptors (Lipinski definition) is 5. The quantitative estimate of drug-likeness (QED) is 0.559. The van der Waals surface area contributed by atoms with Gasteiger partial charge in [0.05, 0.1) is 22.9 Å². The van der Waals surface area contributed by atoms with E-state index in [0.717, 1.165) is 24.3 Å². The van der Waals surface area contributed by atoms with E-state index in [1.54, 1.807) is 26.1 Å². The van der Waals surface area contributed by atoms with Crippen LogP contribution in [0, 0.1) is 6.92 Å². The Morgan fingerprint density at radius 2 is 1.94 bits per heavy atom. The maximum Gasteiger partial charge on any atom is 0.416 e.